The molecule has 1 atom stereocenters. The third-order valence-corrected chi connectivity index (χ3v) is 1.80. The summed E-state index contributed by atoms with van der Waals surface area (Å²) in [4.78, 5) is 20.9. The summed E-state index contributed by atoms with van der Waals surface area (Å²) in [6, 6.07) is -0.919. The first kappa shape index (κ1) is 9.90. The van der Waals surface area contributed by atoms with Crippen molar-refractivity contribution in [3.8, 4) is 0 Å². The summed E-state index contributed by atoms with van der Waals surface area (Å²) in [7, 11) is 0. The van der Waals surface area contributed by atoms with Crippen LogP contribution in [0.25, 0.3) is 0 Å². The van der Waals surface area contributed by atoms with E-state index < -0.39 is 23.4 Å². The fraction of sp³-hybridized carbons (Fsp3) is 0.667. The molecule has 0 aliphatic heterocycles. The Balaban J connectivity index is 4.82. The van der Waals surface area contributed by atoms with E-state index in [4.69, 9.17) is 15.9 Å². The Hall–Kier alpha value is -1.10. The molecule has 0 aromatic carbocycles. The Morgan fingerprint density at radius 2 is 1.64 bits per heavy atom. The summed E-state index contributed by atoms with van der Waals surface area (Å²) < 4.78 is 0. The highest BCUT2D eigenvalue weighted by Crippen LogP contribution is 2.20. The van der Waals surface area contributed by atoms with Crippen molar-refractivity contribution in [2.75, 3.05) is 0 Å². The zero-order chi connectivity index (χ0) is 9.23. The molecule has 5 heteroatoms. The third-order valence-electron chi connectivity index (χ3n) is 1.80. The summed E-state index contributed by atoms with van der Waals surface area (Å²) in [5, 5.41) is 17.0. The quantitative estimate of drug-likeness (QED) is 0.485. The summed E-state index contributed by atoms with van der Waals surface area (Å²) in [5.41, 5.74) is 3.32. The van der Waals surface area contributed by atoms with Crippen LogP contribution >= 0.6 is 0 Å². The van der Waals surface area contributed by atoms with Gasteiger partial charge in [-0.15, -0.1) is 0 Å². The van der Waals surface area contributed by atoms with Gasteiger partial charge in [-0.2, -0.15) is 0 Å². The van der Waals surface area contributed by atoms with Gasteiger partial charge in [0.05, 0.1) is 0 Å². The number of carboxylic acid groups (broad SMARTS) is 2. The van der Waals surface area contributed by atoms with Crippen molar-refractivity contribution in [1.29, 1.82) is 0 Å². The van der Waals surface area contributed by atoms with E-state index in [2.05, 4.69) is 0 Å². The Morgan fingerprint density at radius 3 is 1.64 bits per heavy atom. The van der Waals surface area contributed by atoms with Crippen molar-refractivity contribution in [2.45, 2.75) is 19.9 Å². The van der Waals surface area contributed by atoms with Crippen LogP contribution in [0.4, 0.5) is 0 Å². The average Bonchev–Trinajstić information content (AvgIpc) is 1.84. The van der Waals surface area contributed by atoms with Gasteiger partial charge in [0.1, 0.15) is 0 Å². The van der Waals surface area contributed by atoms with E-state index in [0.29, 0.717) is 0 Å². The standard InChI is InChI=1S/C6H11NO4/c1-3(7)6(2,4(8)9)5(10)11/h3H,7H2,1-2H3,(H,8,9)(H,10,11). The molecule has 0 saturated carbocycles. The van der Waals surface area contributed by atoms with Gasteiger partial charge < -0.3 is 15.9 Å². The molecule has 0 aliphatic carbocycles. The molecule has 0 saturated heterocycles. The lowest BCUT2D eigenvalue weighted by Gasteiger charge is -2.23. The highest BCUT2D eigenvalue weighted by Gasteiger charge is 2.45. The maximum Gasteiger partial charge on any atom is 0.322 e. The van der Waals surface area contributed by atoms with Gasteiger partial charge in [0, 0.05) is 6.04 Å². The summed E-state index contributed by atoms with van der Waals surface area (Å²) in [5.74, 6) is -2.83. The maximum absolute atomic E-state index is 10.4. The second kappa shape index (κ2) is 2.87. The number of carbonyl (C=O) groups is 2. The second-order valence-electron chi connectivity index (χ2n) is 2.60. The number of rotatable bonds is 3. The van der Waals surface area contributed by atoms with Crippen LogP contribution in [0.2, 0.25) is 0 Å². The lowest BCUT2D eigenvalue weighted by Crippen LogP contribution is -2.49. The summed E-state index contributed by atoms with van der Waals surface area (Å²) in [6.07, 6.45) is 0. The van der Waals surface area contributed by atoms with Gasteiger partial charge in [0.15, 0.2) is 5.41 Å². The lowest BCUT2D eigenvalue weighted by atomic mass is 9.84. The summed E-state index contributed by atoms with van der Waals surface area (Å²) in [6.45, 7) is 2.44. The molecule has 1 unspecified atom stereocenters. The van der Waals surface area contributed by atoms with Crippen molar-refractivity contribution in [3.63, 3.8) is 0 Å². The molecule has 0 spiro atoms. The summed E-state index contributed by atoms with van der Waals surface area (Å²) >= 11 is 0. The maximum atomic E-state index is 10.4. The van der Waals surface area contributed by atoms with E-state index in [1.54, 1.807) is 0 Å². The number of nitrogens with two attached hydrogens (primary N) is 1. The molecule has 0 radical (unpaired) electrons. The molecule has 0 aromatic heterocycles. The van der Waals surface area contributed by atoms with Gasteiger partial charge in [-0.05, 0) is 13.8 Å². The zero-order valence-corrected chi connectivity index (χ0v) is 6.37. The number of hydrogen-bond acceptors (Lipinski definition) is 3. The zero-order valence-electron chi connectivity index (χ0n) is 6.37. The predicted octanol–water partition coefficient (Wildman–Crippen LogP) is -0.491. The first-order chi connectivity index (χ1) is 4.83. The van der Waals surface area contributed by atoms with Crippen LogP contribution in [0.1, 0.15) is 13.8 Å². The molecule has 0 fully saturated rings. The van der Waals surface area contributed by atoms with Crippen molar-refractivity contribution in [1.82, 2.24) is 0 Å². The van der Waals surface area contributed by atoms with Crippen molar-refractivity contribution in [2.24, 2.45) is 11.1 Å². The minimum absolute atomic E-state index is 0.919. The van der Waals surface area contributed by atoms with Crippen LogP contribution < -0.4 is 5.73 Å². The Labute approximate surface area is 63.8 Å². The Morgan fingerprint density at radius 1 is 1.36 bits per heavy atom. The minimum Gasteiger partial charge on any atom is -0.480 e. The largest absolute Gasteiger partial charge is 0.480 e. The molecule has 64 valence electrons. The molecule has 0 bridgehead atoms. The van der Waals surface area contributed by atoms with E-state index in [9.17, 15) is 9.59 Å². The number of hydrogen-bond donors (Lipinski definition) is 3. The van der Waals surface area contributed by atoms with E-state index in [1.807, 2.05) is 0 Å². The highest BCUT2D eigenvalue weighted by molar-refractivity contribution is 5.98. The lowest BCUT2D eigenvalue weighted by molar-refractivity contribution is -0.164. The number of carboxylic acids is 2. The van der Waals surface area contributed by atoms with Crippen molar-refractivity contribution in [3.05, 3.63) is 0 Å². The fourth-order valence-electron chi connectivity index (χ4n) is 0.481. The van der Waals surface area contributed by atoms with E-state index >= 15 is 0 Å². The first-order valence-corrected chi connectivity index (χ1v) is 3.05. The molecular weight excluding hydrogens is 150 g/mol. The van der Waals surface area contributed by atoms with Gasteiger partial charge in [0.2, 0.25) is 0 Å². The van der Waals surface area contributed by atoms with Crippen LogP contribution in [0, 0.1) is 5.41 Å². The van der Waals surface area contributed by atoms with Crippen LogP contribution in [0.15, 0.2) is 0 Å². The highest BCUT2D eigenvalue weighted by atomic mass is 16.4. The van der Waals surface area contributed by atoms with Gasteiger partial charge >= 0.3 is 11.9 Å². The van der Waals surface area contributed by atoms with Crippen LogP contribution in [-0.2, 0) is 9.59 Å². The SMILES string of the molecule is CC(N)C(C)(C(=O)O)C(=O)O. The Kier molecular flexibility index (Phi) is 2.59. The molecule has 0 aliphatic rings. The Bertz CT molecular complexity index is 173. The monoisotopic (exact) mass is 161 g/mol. The molecule has 11 heavy (non-hydrogen) atoms. The normalized spacial score (nSPS) is 14.1. The fourth-order valence-corrected chi connectivity index (χ4v) is 0.481. The molecular formula is C6H11NO4. The van der Waals surface area contributed by atoms with E-state index in [-0.39, 0.29) is 0 Å². The average molecular weight is 161 g/mol. The van der Waals surface area contributed by atoms with Gasteiger partial charge in [-0.25, -0.2) is 0 Å². The smallest absolute Gasteiger partial charge is 0.322 e. The second-order valence-corrected chi connectivity index (χ2v) is 2.60. The molecule has 0 heterocycles. The van der Waals surface area contributed by atoms with Crippen molar-refractivity contribution >= 4 is 11.9 Å². The van der Waals surface area contributed by atoms with E-state index in [1.165, 1.54) is 6.92 Å². The van der Waals surface area contributed by atoms with Gasteiger partial charge in [-0.3, -0.25) is 9.59 Å². The van der Waals surface area contributed by atoms with Crippen LogP contribution in [-0.4, -0.2) is 28.2 Å². The third kappa shape index (κ3) is 1.48. The first-order valence-electron chi connectivity index (χ1n) is 3.05. The molecule has 0 amide bonds. The topological polar surface area (TPSA) is 101 Å². The van der Waals surface area contributed by atoms with E-state index in [0.717, 1.165) is 6.92 Å². The van der Waals surface area contributed by atoms with Crippen molar-refractivity contribution < 1.29 is 19.8 Å². The van der Waals surface area contributed by atoms with Crippen LogP contribution in [0.3, 0.4) is 0 Å². The van der Waals surface area contributed by atoms with Gasteiger partial charge in [0.25, 0.3) is 0 Å². The molecule has 0 rings (SSSR count). The molecule has 5 nitrogen and oxygen atoms in total. The van der Waals surface area contributed by atoms with Crippen LogP contribution in [0.5, 0.6) is 0 Å². The predicted molar refractivity (Wildman–Crippen MR) is 37.0 cm³/mol. The molecule has 4 N–H and O–H groups in total. The van der Waals surface area contributed by atoms with Gasteiger partial charge in [-0.1, -0.05) is 0 Å². The number of aliphatic carboxylic acids is 2. The minimum atomic E-state index is -1.89. The molecule has 0 aromatic rings.